The van der Waals surface area contributed by atoms with Gasteiger partial charge in [0.25, 0.3) is 5.91 Å². The number of thioether (sulfide) groups is 1. The molecule has 2 aromatic rings. The first-order chi connectivity index (χ1) is 15.9. The number of amides is 2. The number of ether oxygens (including phenoxy) is 1. The molecule has 0 aliphatic carbocycles. The molecule has 174 valence electrons. The van der Waals surface area contributed by atoms with Gasteiger partial charge in [0, 0.05) is 6.54 Å². The minimum Gasteiger partial charge on any atom is -0.490 e. The number of aryl methyl sites for hydroxylation is 1. The largest absolute Gasteiger partial charge is 0.490 e. The minimum atomic E-state index is -0.359. The van der Waals surface area contributed by atoms with Crippen LogP contribution >= 0.6 is 23.1 Å². The maximum absolute atomic E-state index is 13.2. The number of carbonyl (C=O) groups excluding carboxylic acids is 2. The maximum Gasteiger partial charge on any atom is 0.269 e. The summed E-state index contributed by atoms with van der Waals surface area (Å²) in [5.74, 6) is 1.52. The van der Waals surface area contributed by atoms with Gasteiger partial charge in [-0.2, -0.15) is 5.10 Å². The smallest absolute Gasteiger partial charge is 0.269 e. The van der Waals surface area contributed by atoms with Gasteiger partial charge in [-0.05, 0) is 48.4 Å². The van der Waals surface area contributed by atoms with E-state index in [1.807, 2.05) is 46.4 Å². The summed E-state index contributed by atoms with van der Waals surface area (Å²) in [7, 11) is 0. The second-order valence-electron chi connectivity index (χ2n) is 8.74. The van der Waals surface area contributed by atoms with Gasteiger partial charge in [0.2, 0.25) is 12.2 Å². The number of nitrogens with one attached hydrogen (secondary N) is 1. The molecule has 1 atom stereocenters. The van der Waals surface area contributed by atoms with Gasteiger partial charge in [0.1, 0.15) is 17.2 Å². The fraction of sp³-hybridized carbons (Fsp3) is 0.435. The average Bonchev–Trinajstić information content (AvgIpc) is 3.44. The summed E-state index contributed by atoms with van der Waals surface area (Å²) < 4.78 is 5.72. The lowest BCUT2D eigenvalue weighted by atomic mass is 10.1. The van der Waals surface area contributed by atoms with E-state index in [0.29, 0.717) is 30.8 Å². The molecule has 33 heavy (non-hydrogen) atoms. The van der Waals surface area contributed by atoms with Crippen molar-refractivity contribution >= 4 is 51.5 Å². The predicted molar refractivity (Wildman–Crippen MR) is 133 cm³/mol. The molecule has 0 spiro atoms. The van der Waals surface area contributed by atoms with Gasteiger partial charge >= 0.3 is 0 Å². The molecule has 5 rings (SSSR count). The number of amidine groups is 1. The van der Waals surface area contributed by atoms with Gasteiger partial charge in [-0.3, -0.25) is 24.8 Å². The first kappa shape index (κ1) is 22.1. The Morgan fingerprint density at radius 1 is 1.33 bits per heavy atom. The van der Waals surface area contributed by atoms with Crippen LogP contribution in [-0.2, 0) is 4.79 Å². The van der Waals surface area contributed by atoms with Crippen LogP contribution in [0.4, 0.5) is 11.4 Å². The standard InChI is InChI=1S/C23H27N5O3S2/c1-14(2)6-8-27-21(30)20-16(7-11-32-20)28-22(27)24-25-23(28)33-13-19(29)26-9-10-31-18-5-4-15(3)12-17(18)26/h4-5,7,11-12,14,22,24H,6,8-10,13H2,1-3H3. The summed E-state index contributed by atoms with van der Waals surface area (Å²) >= 11 is 2.84. The maximum atomic E-state index is 13.2. The van der Waals surface area contributed by atoms with Crippen LogP contribution in [-0.4, -0.2) is 53.6 Å². The molecular formula is C23H27N5O3S2. The molecule has 0 radical (unpaired) electrons. The summed E-state index contributed by atoms with van der Waals surface area (Å²) in [6.45, 7) is 7.97. The number of nitrogens with zero attached hydrogens (tertiary/aromatic N) is 4. The molecule has 0 bridgehead atoms. The number of rotatable bonds is 5. The van der Waals surface area contributed by atoms with Crippen molar-refractivity contribution in [2.24, 2.45) is 11.0 Å². The Bertz CT molecular complexity index is 1120. The molecule has 0 saturated carbocycles. The van der Waals surface area contributed by atoms with Crippen molar-refractivity contribution in [1.82, 2.24) is 10.3 Å². The van der Waals surface area contributed by atoms with Crippen LogP contribution in [0, 0.1) is 12.8 Å². The molecule has 0 saturated heterocycles. The van der Waals surface area contributed by atoms with Crippen molar-refractivity contribution in [3.05, 3.63) is 40.1 Å². The van der Waals surface area contributed by atoms with Crippen molar-refractivity contribution in [1.29, 1.82) is 0 Å². The Hall–Kier alpha value is -2.72. The molecular weight excluding hydrogens is 458 g/mol. The number of carbonyl (C=O) groups is 2. The highest BCUT2D eigenvalue weighted by Gasteiger charge is 2.44. The summed E-state index contributed by atoms with van der Waals surface area (Å²) in [5.41, 5.74) is 5.89. The highest BCUT2D eigenvalue weighted by Crippen LogP contribution is 2.38. The molecule has 1 aromatic heterocycles. The number of anilines is 2. The van der Waals surface area contributed by atoms with Crippen molar-refractivity contribution in [2.45, 2.75) is 33.5 Å². The van der Waals surface area contributed by atoms with Gasteiger partial charge in [-0.1, -0.05) is 31.7 Å². The fourth-order valence-corrected chi connectivity index (χ4v) is 5.88. The third-order valence-corrected chi connectivity index (χ3v) is 7.76. The summed E-state index contributed by atoms with van der Waals surface area (Å²) in [6, 6.07) is 7.85. The highest BCUT2D eigenvalue weighted by molar-refractivity contribution is 8.14. The Morgan fingerprint density at radius 3 is 3.00 bits per heavy atom. The highest BCUT2D eigenvalue weighted by atomic mass is 32.2. The van der Waals surface area contributed by atoms with Gasteiger partial charge in [0.05, 0.1) is 23.7 Å². The van der Waals surface area contributed by atoms with E-state index in [4.69, 9.17) is 4.74 Å². The predicted octanol–water partition coefficient (Wildman–Crippen LogP) is 3.68. The topological polar surface area (TPSA) is 77.5 Å². The third-order valence-electron chi connectivity index (χ3n) is 5.93. The molecule has 2 amide bonds. The van der Waals surface area contributed by atoms with E-state index in [2.05, 4.69) is 24.4 Å². The number of benzene rings is 1. The SMILES string of the molecule is Cc1ccc2c(c1)N(C(=O)CSC1=NNC3N(CCC(C)C)C(=O)c4sccc4N13)CCO2. The quantitative estimate of drug-likeness (QED) is 0.696. The van der Waals surface area contributed by atoms with Crippen LogP contribution in [0.5, 0.6) is 5.75 Å². The normalized spacial score (nSPS) is 19.0. The van der Waals surface area contributed by atoms with E-state index in [-0.39, 0.29) is 23.9 Å². The molecule has 1 N–H and O–H groups in total. The summed E-state index contributed by atoms with van der Waals surface area (Å²) in [6.07, 6.45) is 0.553. The summed E-state index contributed by atoms with van der Waals surface area (Å²) in [5, 5.41) is 7.15. The number of fused-ring (bicyclic) bond motifs is 4. The molecule has 3 aliphatic rings. The number of hydrogen-bond acceptors (Lipinski definition) is 8. The van der Waals surface area contributed by atoms with Crippen LogP contribution in [0.1, 0.15) is 35.5 Å². The Kier molecular flexibility index (Phi) is 5.96. The van der Waals surface area contributed by atoms with E-state index in [1.165, 1.54) is 23.1 Å². The molecule has 1 aromatic carbocycles. The van der Waals surface area contributed by atoms with Crippen LogP contribution in [0.2, 0.25) is 0 Å². The second kappa shape index (κ2) is 8.90. The van der Waals surface area contributed by atoms with E-state index >= 15 is 0 Å². The molecule has 10 heteroatoms. The van der Waals surface area contributed by atoms with Crippen molar-refractivity contribution in [3.8, 4) is 5.75 Å². The van der Waals surface area contributed by atoms with Crippen LogP contribution in [0.15, 0.2) is 34.7 Å². The van der Waals surface area contributed by atoms with Gasteiger partial charge < -0.3 is 9.64 Å². The molecule has 1 unspecified atom stereocenters. The monoisotopic (exact) mass is 485 g/mol. The van der Waals surface area contributed by atoms with E-state index in [1.54, 1.807) is 4.90 Å². The zero-order valence-corrected chi connectivity index (χ0v) is 20.5. The zero-order chi connectivity index (χ0) is 23.1. The second-order valence-corrected chi connectivity index (χ2v) is 10.6. The average molecular weight is 486 g/mol. The van der Waals surface area contributed by atoms with Crippen LogP contribution in [0.25, 0.3) is 0 Å². The van der Waals surface area contributed by atoms with Crippen molar-refractivity contribution in [2.75, 3.05) is 35.2 Å². The van der Waals surface area contributed by atoms with Crippen molar-refractivity contribution < 1.29 is 14.3 Å². The molecule has 3 aliphatic heterocycles. The van der Waals surface area contributed by atoms with E-state index < -0.39 is 0 Å². The zero-order valence-electron chi connectivity index (χ0n) is 18.9. The minimum absolute atomic E-state index is 0.0107. The van der Waals surface area contributed by atoms with E-state index in [9.17, 15) is 9.59 Å². The van der Waals surface area contributed by atoms with Gasteiger partial charge in [-0.25, -0.2) is 0 Å². The Labute approximate surface area is 201 Å². The van der Waals surface area contributed by atoms with Gasteiger partial charge in [0.15, 0.2) is 5.17 Å². The van der Waals surface area contributed by atoms with Gasteiger partial charge in [-0.15, -0.1) is 11.3 Å². The number of hydrogen-bond donors (Lipinski definition) is 1. The van der Waals surface area contributed by atoms with Crippen LogP contribution in [0.3, 0.4) is 0 Å². The third kappa shape index (κ3) is 4.06. The molecule has 4 heterocycles. The molecule has 0 fully saturated rings. The first-order valence-corrected chi connectivity index (χ1v) is 13.0. The lowest BCUT2D eigenvalue weighted by Crippen LogP contribution is -2.58. The fourth-order valence-electron chi connectivity index (χ4n) is 4.18. The Balaban J connectivity index is 1.32. The Morgan fingerprint density at radius 2 is 2.18 bits per heavy atom. The first-order valence-electron chi connectivity index (χ1n) is 11.1. The molecule has 8 nitrogen and oxygen atoms in total. The number of thiophene rings is 1. The number of hydrazone groups is 1. The van der Waals surface area contributed by atoms with E-state index in [0.717, 1.165) is 34.0 Å². The van der Waals surface area contributed by atoms with Crippen LogP contribution < -0.4 is 20.0 Å². The van der Waals surface area contributed by atoms with Crippen molar-refractivity contribution in [3.63, 3.8) is 0 Å². The summed E-state index contributed by atoms with van der Waals surface area (Å²) in [4.78, 5) is 32.7. The lowest BCUT2D eigenvalue weighted by Gasteiger charge is -2.39. The lowest BCUT2D eigenvalue weighted by molar-refractivity contribution is -0.116.